The molecular weight excluding hydrogens is 427 g/mol. The summed E-state index contributed by atoms with van der Waals surface area (Å²) in [5.74, 6) is -0.556. The summed E-state index contributed by atoms with van der Waals surface area (Å²) in [5, 5.41) is 7.10. The minimum Gasteiger partial charge on any atom is -0.326 e. The van der Waals surface area contributed by atoms with E-state index in [9.17, 15) is 22.8 Å². The van der Waals surface area contributed by atoms with Crippen LogP contribution in [0.5, 0.6) is 0 Å². The molecule has 0 aliphatic carbocycles. The van der Waals surface area contributed by atoms with Crippen LogP contribution in [0.1, 0.15) is 24.2 Å². The highest BCUT2D eigenvalue weighted by Gasteiger charge is 2.48. The van der Waals surface area contributed by atoms with Crippen LogP contribution in [0, 0.1) is 0 Å². The van der Waals surface area contributed by atoms with Gasteiger partial charge in [-0.05, 0) is 48.7 Å². The van der Waals surface area contributed by atoms with Crippen molar-refractivity contribution >= 4 is 34.3 Å². The number of hydrogen-bond acceptors (Lipinski definition) is 4. The average molecular weight is 452 g/mol. The van der Waals surface area contributed by atoms with Gasteiger partial charge in [0.15, 0.2) is 0 Å². The normalized spacial score (nSPS) is 19.5. The molecule has 9 heteroatoms. The molecule has 5 nitrogen and oxygen atoms in total. The highest BCUT2D eigenvalue weighted by atomic mass is 32.2. The molecule has 0 saturated carbocycles. The number of benzene rings is 2. The van der Waals surface area contributed by atoms with E-state index in [1.165, 1.54) is 25.7 Å². The molecule has 0 radical (unpaired) electrons. The second-order valence-electron chi connectivity index (χ2n) is 7.04. The van der Waals surface area contributed by atoms with Crippen molar-refractivity contribution in [1.29, 1.82) is 0 Å². The third kappa shape index (κ3) is 4.72. The first kappa shape index (κ1) is 23.1. The Hall–Kier alpha value is -2.52. The van der Waals surface area contributed by atoms with Crippen LogP contribution in [0.4, 0.5) is 13.2 Å². The third-order valence-electron chi connectivity index (χ3n) is 5.13. The fraction of sp³-hybridized carbons (Fsp3) is 0.364. The molecule has 1 aliphatic heterocycles. The van der Waals surface area contributed by atoms with E-state index in [0.717, 1.165) is 32.4 Å². The summed E-state index contributed by atoms with van der Waals surface area (Å²) >= 11 is 1.47. The van der Waals surface area contributed by atoms with Gasteiger partial charge in [0.25, 0.3) is 5.91 Å². The fourth-order valence-corrected chi connectivity index (χ4v) is 4.51. The zero-order valence-corrected chi connectivity index (χ0v) is 18.2. The Kier molecular flexibility index (Phi) is 6.96. The average Bonchev–Trinajstić information content (AvgIpc) is 2.72. The first-order valence-electron chi connectivity index (χ1n) is 9.94. The first-order chi connectivity index (χ1) is 14.7. The van der Waals surface area contributed by atoms with Crippen molar-refractivity contribution in [3.63, 3.8) is 0 Å². The van der Waals surface area contributed by atoms with E-state index in [4.69, 9.17) is 0 Å². The van der Waals surface area contributed by atoms with Crippen molar-refractivity contribution in [1.82, 2.24) is 15.5 Å². The molecule has 1 aliphatic rings. The van der Waals surface area contributed by atoms with Gasteiger partial charge in [0, 0.05) is 17.1 Å². The number of alkyl halides is 3. The molecule has 1 heterocycles. The summed E-state index contributed by atoms with van der Waals surface area (Å²) in [6, 6.07) is 8.01. The van der Waals surface area contributed by atoms with E-state index < -0.39 is 30.1 Å². The number of thioether (sulfide) groups is 1. The quantitative estimate of drug-likeness (QED) is 0.653. The monoisotopic (exact) mass is 451 g/mol. The topological polar surface area (TPSA) is 61.4 Å². The van der Waals surface area contributed by atoms with E-state index in [1.54, 1.807) is 6.07 Å². The molecule has 0 bridgehead atoms. The number of nitrogens with zero attached hydrogens (tertiary/aromatic N) is 1. The van der Waals surface area contributed by atoms with Gasteiger partial charge in [-0.25, -0.2) is 0 Å². The van der Waals surface area contributed by atoms with Crippen LogP contribution >= 0.6 is 11.8 Å². The molecule has 3 rings (SSSR count). The summed E-state index contributed by atoms with van der Waals surface area (Å²) in [5.41, 5.74) is 0.264. The number of carbonyl (C=O) groups excluding carboxylic acids is 2. The number of halogens is 3. The summed E-state index contributed by atoms with van der Waals surface area (Å²) in [7, 11) is 1.47. The molecule has 0 spiro atoms. The number of likely N-dealkylation sites (N-methyl/N-ethyl adjacent to an activating group) is 2. The van der Waals surface area contributed by atoms with Gasteiger partial charge in [-0.3, -0.25) is 9.59 Å². The standard InChI is InChI=1S/C22H24F3N3O2S/c1-4-28-18(22(23,24)25)12-16(19(26-3)21(28)30)27-20(29)15-10-13-8-6-7-9-14(13)11-17(15)31-5-2/h6-12,18-19,26H,4-5H2,1-3H3,(H,27,29). The van der Waals surface area contributed by atoms with Crippen molar-refractivity contribution in [3.8, 4) is 0 Å². The largest absolute Gasteiger partial charge is 0.412 e. The molecule has 166 valence electrons. The molecule has 2 amide bonds. The van der Waals surface area contributed by atoms with Crippen molar-refractivity contribution in [2.45, 2.75) is 37.0 Å². The van der Waals surface area contributed by atoms with Gasteiger partial charge >= 0.3 is 6.18 Å². The first-order valence-corrected chi connectivity index (χ1v) is 10.9. The Morgan fingerprint density at radius 3 is 2.35 bits per heavy atom. The lowest BCUT2D eigenvalue weighted by molar-refractivity contribution is -0.181. The Morgan fingerprint density at radius 1 is 1.16 bits per heavy atom. The molecule has 2 N–H and O–H groups in total. The zero-order valence-electron chi connectivity index (χ0n) is 17.4. The van der Waals surface area contributed by atoms with Crippen LogP contribution in [-0.4, -0.2) is 54.3 Å². The SMILES string of the molecule is CCSc1cc2ccccc2cc1C(=O)NC1=CC(C(F)(F)F)N(CC)C(=O)C1NC. The maximum absolute atomic E-state index is 13.6. The zero-order chi connectivity index (χ0) is 22.8. The Balaban J connectivity index is 2.01. The molecule has 0 saturated heterocycles. The Morgan fingerprint density at radius 2 is 1.81 bits per heavy atom. The van der Waals surface area contributed by atoms with Gasteiger partial charge in [-0.15, -0.1) is 11.8 Å². The van der Waals surface area contributed by atoms with Crippen LogP contribution < -0.4 is 10.6 Å². The summed E-state index contributed by atoms with van der Waals surface area (Å²) in [6.07, 6.45) is -3.73. The van der Waals surface area contributed by atoms with Crippen molar-refractivity contribution in [2.24, 2.45) is 0 Å². The summed E-state index contributed by atoms with van der Waals surface area (Å²) in [4.78, 5) is 27.3. The number of carbonyl (C=O) groups is 2. The van der Waals surface area contributed by atoms with Crippen LogP contribution in [-0.2, 0) is 4.79 Å². The molecule has 2 unspecified atom stereocenters. The van der Waals surface area contributed by atoms with Gasteiger partial charge < -0.3 is 15.5 Å². The second-order valence-corrected chi connectivity index (χ2v) is 8.34. The van der Waals surface area contributed by atoms with Crippen molar-refractivity contribution in [2.75, 3.05) is 19.3 Å². The number of hydrogen-bond donors (Lipinski definition) is 2. The minimum absolute atomic E-state index is 0.0925. The molecular formula is C22H24F3N3O2S. The summed E-state index contributed by atoms with van der Waals surface area (Å²) in [6.45, 7) is 3.35. The van der Waals surface area contributed by atoms with Crippen molar-refractivity contribution < 1.29 is 22.8 Å². The number of amides is 2. The van der Waals surface area contributed by atoms with Gasteiger partial charge in [0.05, 0.1) is 5.56 Å². The van der Waals surface area contributed by atoms with Gasteiger partial charge in [0.1, 0.15) is 12.1 Å². The highest BCUT2D eigenvalue weighted by Crippen LogP contribution is 2.32. The smallest absolute Gasteiger partial charge is 0.326 e. The van der Waals surface area contributed by atoms with Crippen LogP contribution in [0.3, 0.4) is 0 Å². The molecule has 0 fully saturated rings. The van der Waals surface area contributed by atoms with Gasteiger partial charge in [0.2, 0.25) is 5.91 Å². The number of fused-ring (bicyclic) bond motifs is 1. The predicted molar refractivity (Wildman–Crippen MR) is 116 cm³/mol. The van der Waals surface area contributed by atoms with E-state index in [1.807, 2.05) is 37.3 Å². The molecule has 0 aromatic heterocycles. The lowest BCUT2D eigenvalue weighted by Crippen LogP contribution is -2.59. The maximum Gasteiger partial charge on any atom is 0.412 e. The fourth-order valence-electron chi connectivity index (χ4n) is 3.68. The third-order valence-corrected chi connectivity index (χ3v) is 6.07. The Bertz CT molecular complexity index is 1020. The molecule has 2 aromatic carbocycles. The second kappa shape index (κ2) is 9.32. The Labute approximate surface area is 183 Å². The number of rotatable bonds is 6. The lowest BCUT2D eigenvalue weighted by Gasteiger charge is -2.38. The van der Waals surface area contributed by atoms with Crippen LogP contribution in [0.2, 0.25) is 0 Å². The van der Waals surface area contributed by atoms with Crippen molar-refractivity contribution in [3.05, 3.63) is 53.7 Å². The van der Waals surface area contributed by atoms with E-state index >= 15 is 0 Å². The minimum atomic E-state index is -4.65. The van der Waals surface area contributed by atoms with E-state index in [-0.39, 0.29) is 12.2 Å². The summed E-state index contributed by atoms with van der Waals surface area (Å²) < 4.78 is 40.7. The van der Waals surface area contributed by atoms with Crippen LogP contribution in [0.25, 0.3) is 10.8 Å². The van der Waals surface area contributed by atoms with E-state index in [0.29, 0.717) is 5.56 Å². The molecule has 2 aromatic rings. The van der Waals surface area contributed by atoms with Gasteiger partial charge in [-0.1, -0.05) is 31.2 Å². The molecule has 2 atom stereocenters. The van der Waals surface area contributed by atoms with Gasteiger partial charge in [-0.2, -0.15) is 13.2 Å². The maximum atomic E-state index is 13.6. The predicted octanol–water partition coefficient (Wildman–Crippen LogP) is 3.95. The number of nitrogens with one attached hydrogen (secondary N) is 2. The van der Waals surface area contributed by atoms with E-state index in [2.05, 4.69) is 10.6 Å². The lowest BCUT2D eigenvalue weighted by atomic mass is 10.0. The van der Waals surface area contributed by atoms with Crippen LogP contribution in [0.15, 0.2) is 53.1 Å². The molecule has 31 heavy (non-hydrogen) atoms. The highest BCUT2D eigenvalue weighted by molar-refractivity contribution is 7.99.